The number of amides is 2. The van der Waals surface area contributed by atoms with E-state index >= 15 is 0 Å². The molecule has 0 aliphatic carbocycles. The number of nitrogens with one attached hydrogen (secondary N) is 2. The maximum absolute atomic E-state index is 11.8. The lowest BCUT2D eigenvalue weighted by Crippen LogP contribution is -2.31. The Labute approximate surface area is 158 Å². The Morgan fingerprint density at radius 1 is 1.04 bits per heavy atom. The topological polar surface area (TPSA) is 89.0 Å². The molecule has 2 aromatic carbocycles. The van der Waals surface area contributed by atoms with E-state index in [0.717, 1.165) is 5.56 Å². The van der Waals surface area contributed by atoms with Crippen LogP contribution in [-0.2, 0) is 16.0 Å². The molecule has 7 nitrogen and oxygen atoms in total. The third-order valence-electron chi connectivity index (χ3n) is 3.73. The first-order valence-corrected chi connectivity index (χ1v) is 8.47. The highest BCUT2D eigenvalue weighted by Crippen LogP contribution is 2.22. The summed E-state index contributed by atoms with van der Waals surface area (Å²) >= 11 is 0. The number of carbonyl (C=O) groups is 2. The van der Waals surface area contributed by atoms with E-state index < -0.39 is 5.91 Å². The van der Waals surface area contributed by atoms with Crippen LogP contribution in [0.15, 0.2) is 53.6 Å². The average molecular weight is 369 g/mol. The molecule has 0 saturated heterocycles. The van der Waals surface area contributed by atoms with Crippen LogP contribution in [0.1, 0.15) is 17.5 Å². The smallest absolute Gasteiger partial charge is 0.249 e. The SMILES string of the molecule is COc1ccc(/C=N\NC(=O)CC(=O)NCCc2ccccc2)c(OC)c1. The largest absolute Gasteiger partial charge is 0.497 e. The first kappa shape index (κ1) is 20.0. The third-order valence-corrected chi connectivity index (χ3v) is 3.73. The molecule has 0 unspecified atom stereocenters. The highest BCUT2D eigenvalue weighted by atomic mass is 16.5. The highest BCUT2D eigenvalue weighted by Gasteiger charge is 2.08. The molecule has 7 heteroatoms. The van der Waals surface area contributed by atoms with Crippen molar-refractivity contribution < 1.29 is 19.1 Å². The van der Waals surface area contributed by atoms with E-state index in [1.165, 1.54) is 13.3 Å². The van der Waals surface area contributed by atoms with Crippen molar-refractivity contribution >= 4 is 18.0 Å². The van der Waals surface area contributed by atoms with Crippen molar-refractivity contribution in [3.05, 3.63) is 59.7 Å². The van der Waals surface area contributed by atoms with Gasteiger partial charge in [0.2, 0.25) is 11.8 Å². The molecular formula is C20H23N3O4. The fourth-order valence-electron chi connectivity index (χ4n) is 2.34. The lowest BCUT2D eigenvalue weighted by atomic mass is 10.1. The minimum atomic E-state index is -0.490. The van der Waals surface area contributed by atoms with Crippen LogP contribution in [0.2, 0.25) is 0 Å². The van der Waals surface area contributed by atoms with Gasteiger partial charge in [-0.2, -0.15) is 5.10 Å². The summed E-state index contributed by atoms with van der Waals surface area (Å²) < 4.78 is 10.4. The van der Waals surface area contributed by atoms with Crippen molar-refractivity contribution in [2.75, 3.05) is 20.8 Å². The third kappa shape index (κ3) is 6.81. The molecule has 0 spiro atoms. The summed E-state index contributed by atoms with van der Waals surface area (Å²) in [5.41, 5.74) is 4.13. The zero-order valence-electron chi connectivity index (χ0n) is 15.4. The molecule has 142 valence electrons. The van der Waals surface area contributed by atoms with Gasteiger partial charge in [-0.25, -0.2) is 5.43 Å². The summed E-state index contributed by atoms with van der Waals surface area (Å²) in [6.45, 7) is 0.475. The highest BCUT2D eigenvalue weighted by molar-refractivity contribution is 5.97. The number of ether oxygens (including phenoxy) is 2. The Bertz CT molecular complexity index is 791. The van der Waals surface area contributed by atoms with Crippen molar-refractivity contribution in [2.45, 2.75) is 12.8 Å². The lowest BCUT2D eigenvalue weighted by Gasteiger charge is -2.07. The maximum Gasteiger partial charge on any atom is 0.249 e. The zero-order valence-corrected chi connectivity index (χ0v) is 15.4. The van der Waals surface area contributed by atoms with Gasteiger partial charge in [-0.1, -0.05) is 30.3 Å². The molecule has 2 N–H and O–H groups in total. The van der Waals surface area contributed by atoms with Gasteiger partial charge >= 0.3 is 0 Å². The van der Waals surface area contributed by atoms with Gasteiger partial charge in [0.25, 0.3) is 0 Å². The van der Waals surface area contributed by atoms with Crippen LogP contribution in [0.4, 0.5) is 0 Å². The second-order valence-electron chi connectivity index (χ2n) is 5.66. The quantitative estimate of drug-likeness (QED) is 0.401. The molecule has 0 fully saturated rings. The first-order chi connectivity index (χ1) is 13.1. The summed E-state index contributed by atoms with van der Waals surface area (Å²) in [5.74, 6) is 0.378. The van der Waals surface area contributed by atoms with Crippen molar-refractivity contribution in [1.29, 1.82) is 0 Å². The number of hydrazone groups is 1. The predicted molar refractivity (Wildman–Crippen MR) is 103 cm³/mol. The van der Waals surface area contributed by atoms with Crippen molar-refractivity contribution in [3.63, 3.8) is 0 Å². The number of hydrogen-bond acceptors (Lipinski definition) is 5. The molecule has 0 aliphatic heterocycles. The van der Waals surface area contributed by atoms with E-state index in [1.54, 1.807) is 25.3 Å². The summed E-state index contributed by atoms with van der Waals surface area (Å²) in [5, 5.41) is 6.58. The lowest BCUT2D eigenvalue weighted by molar-refractivity contribution is -0.129. The fraction of sp³-hybridized carbons (Fsp3) is 0.250. The van der Waals surface area contributed by atoms with Gasteiger partial charge in [0, 0.05) is 18.2 Å². The van der Waals surface area contributed by atoms with Crippen LogP contribution in [0.5, 0.6) is 11.5 Å². The second kappa shape index (κ2) is 10.6. The number of rotatable bonds is 9. The van der Waals surface area contributed by atoms with E-state index in [4.69, 9.17) is 9.47 Å². The molecule has 0 heterocycles. The maximum atomic E-state index is 11.8. The molecular weight excluding hydrogens is 346 g/mol. The molecule has 2 aromatic rings. The van der Waals surface area contributed by atoms with E-state index in [0.29, 0.717) is 30.0 Å². The van der Waals surface area contributed by atoms with Gasteiger partial charge in [-0.3, -0.25) is 9.59 Å². The Morgan fingerprint density at radius 3 is 2.52 bits per heavy atom. The van der Waals surface area contributed by atoms with Crippen molar-refractivity contribution in [1.82, 2.24) is 10.7 Å². The molecule has 0 radical (unpaired) electrons. The van der Waals surface area contributed by atoms with Crippen LogP contribution in [0.3, 0.4) is 0 Å². The van der Waals surface area contributed by atoms with Crippen LogP contribution >= 0.6 is 0 Å². The number of hydrogen-bond donors (Lipinski definition) is 2. The van der Waals surface area contributed by atoms with Gasteiger partial charge in [-0.05, 0) is 24.1 Å². The summed E-state index contributed by atoms with van der Waals surface area (Å²) in [7, 11) is 3.10. The van der Waals surface area contributed by atoms with Gasteiger partial charge < -0.3 is 14.8 Å². The second-order valence-corrected chi connectivity index (χ2v) is 5.66. The van der Waals surface area contributed by atoms with Crippen molar-refractivity contribution in [2.24, 2.45) is 5.10 Å². The molecule has 2 rings (SSSR count). The van der Waals surface area contributed by atoms with Gasteiger partial charge in [0.05, 0.1) is 20.4 Å². The molecule has 27 heavy (non-hydrogen) atoms. The van der Waals surface area contributed by atoms with E-state index in [1.807, 2.05) is 30.3 Å². The van der Waals surface area contributed by atoms with Gasteiger partial charge in [0.15, 0.2) is 0 Å². The van der Waals surface area contributed by atoms with Gasteiger partial charge in [-0.15, -0.1) is 0 Å². The standard InChI is InChI=1S/C20H23N3O4/c1-26-17-9-8-16(18(12-17)27-2)14-22-23-20(25)13-19(24)21-11-10-15-6-4-3-5-7-15/h3-9,12,14H,10-11,13H2,1-2H3,(H,21,24)(H,23,25)/b22-14-. The Hall–Kier alpha value is -3.35. The number of benzene rings is 2. The minimum Gasteiger partial charge on any atom is -0.497 e. The van der Waals surface area contributed by atoms with Crippen LogP contribution < -0.4 is 20.2 Å². The van der Waals surface area contributed by atoms with Crippen LogP contribution in [0, 0.1) is 0 Å². The molecule has 2 amide bonds. The molecule has 0 bridgehead atoms. The molecule has 0 atom stereocenters. The van der Waals surface area contributed by atoms with Gasteiger partial charge in [0.1, 0.15) is 17.9 Å². The molecule has 0 saturated carbocycles. The number of nitrogens with zero attached hydrogens (tertiary/aromatic N) is 1. The van der Waals surface area contributed by atoms with E-state index in [2.05, 4.69) is 15.8 Å². The molecule has 0 aliphatic rings. The Balaban J connectivity index is 1.75. The zero-order chi connectivity index (χ0) is 19.5. The number of methoxy groups -OCH3 is 2. The number of carbonyl (C=O) groups excluding carboxylic acids is 2. The monoisotopic (exact) mass is 369 g/mol. The minimum absolute atomic E-state index is 0.286. The average Bonchev–Trinajstić information content (AvgIpc) is 2.69. The Kier molecular flexibility index (Phi) is 7.84. The first-order valence-electron chi connectivity index (χ1n) is 8.47. The predicted octanol–water partition coefficient (Wildman–Crippen LogP) is 1.90. The molecule has 0 aromatic heterocycles. The fourth-order valence-corrected chi connectivity index (χ4v) is 2.34. The van der Waals surface area contributed by atoms with E-state index in [9.17, 15) is 9.59 Å². The van der Waals surface area contributed by atoms with E-state index in [-0.39, 0.29) is 12.3 Å². The van der Waals surface area contributed by atoms with Crippen molar-refractivity contribution in [3.8, 4) is 11.5 Å². The summed E-state index contributed by atoms with van der Waals surface area (Å²) in [4.78, 5) is 23.6. The normalized spacial score (nSPS) is 10.4. The van der Waals surface area contributed by atoms with Crippen LogP contribution in [-0.4, -0.2) is 38.8 Å². The summed E-state index contributed by atoms with van der Waals surface area (Å²) in [6.07, 6.45) is 1.87. The summed E-state index contributed by atoms with van der Waals surface area (Å²) in [6, 6.07) is 15.0. The Morgan fingerprint density at radius 2 is 1.81 bits per heavy atom. The van der Waals surface area contributed by atoms with Crippen LogP contribution in [0.25, 0.3) is 0 Å².